The molecule has 0 amide bonds. The van der Waals surface area contributed by atoms with E-state index in [2.05, 4.69) is 24.0 Å². The molecule has 16 heavy (non-hydrogen) atoms. The van der Waals surface area contributed by atoms with Crippen molar-refractivity contribution in [2.75, 3.05) is 0 Å². The first kappa shape index (κ1) is 11.6. The minimum absolute atomic E-state index is 0.118. The Labute approximate surface area is 96.6 Å². The van der Waals surface area contributed by atoms with Gasteiger partial charge in [0.2, 0.25) is 5.89 Å². The second kappa shape index (κ2) is 4.95. The minimum Gasteiger partial charge on any atom is -0.338 e. The summed E-state index contributed by atoms with van der Waals surface area (Å²) in [4.78, 5) is 4.46. The van der Waals surface area contributed by atoms with Crippen LogP contribution in [0.15, 0.2) is 4.52 Å². The summed E-state index contributed by atoms with van der Waals surface area (Å²) < 4.78 is 5.28. The average molecular weight is 223 g/mol. The number of aromatic nitrogens is 2. The molecule has 1 aliphatic carbocycles. The van der Waals surface area contributed by atoms with E-state index in [0.717, 1.165) is 12.2 Å². The van der Waals surface area contributed by atoms with Crippen LogP contribution < -0.4 is 5.73 Å². The van der Waals surface area contributed by atoms with E-state index in [1.807, 2.05) is 0 Å². The third kappa shape index (κ3) is 2.26. The standard InChI is InChI=1S/C12H21N3O/c1-3-8(2)10(13)12-14-11(15-16-12)9-6-4-5-7-9/h8-10H,3-7,13H2,1-2H3/t8-,10-/m0/s1. The van der Waals surface area contributed by atoms with Crippen LogP contribution in [-0.4, -0.2) is 10.1 Å². The Morgan fingerprint density at radius 2 is 2.12 bits per heavy atom. The molecule has 4 nitrogen and oxygen atoms in total. The van der Waals surface area contributed by atoms with E-state index < -0.39 is 0 Å². The number of hydrogen-bond donors (Lipinski definition) is 1. The first-order valence-corrected chi connectivity index (χ1v) is 6.31. The van der Waals surface area contributed by atoms with Gasteiger partial charge < -0.3 is 10.3 Å². The Bertz CT molecular complexity index is 331. The van der Waals surface area contributed by atoms with Crippen LogP contribution in [0.2, 0.25) is 0 Å². The lowest BCUT2D eigenvalue weighted by molar-refractivity contribution is 0.309. The van der Waals surface area contributed by atoms with Crippen LogP contribution in [0.5, 0.6) is 0 Å². The third-order valence-electron chi connectivity index (χ3n) is 3.72. The molecule has 0 bridgehead atoms. The monoisotopic (exact) mass is 223 g/mol. The lowest BCUT2D eigenvalue weighted by atomic mass is 10.0. The smallest absolute Gasteiger partial charge is 0.243 e. The third-order valence-corrected chi connectivity index (χ3v) is 3.72. The van der Waals surface area contributed by atoms with Crippen molar-refractivity contribution < 1.29 is 4.52 Å². The van der Waals surface area contributed by atoms with Gasteiger partial charge in [0, 0.05) is 5.92 Å². The Balaban J connectivity index is 2.06. The summed E-state index contributed by atoms with van der Waals surface area (Å²) in [7, 11) is 0. The normalized spacial score (nSPS) is 21.2. The van der Waals surface area contributed by atoms with Gasteiger partial charge >= 0.3 is 0 Å². The summed E-state index contributed by atoms with van der Waals surface area (Å²) in [6, 6.07) is -0.118. The second-order valence-electron chi connectivity index (χ2n) is 4.88. The first-order valence-electron chi connectivity index (χ1n) is 6.31. The van der Waals surface area contributed by atoms with Gasteiger partial charge in [0.05, 0.1) is 6.04 Å². The van der Waals surface area contributed by atoms with E-state index in [1.165, 1.54) is 25.7 Å². The van der Waals surface area contributed by atoms with Crippen molar-refractivity contribution in [3.63, 3.8) is 0 Å². The van der Waals surface area contributed by atoms with Gasteiger partial charge in [-0.3, -0.25) is 0 Å². The molecule has 1 aromatic rings. The fraction of sp³-hybridized carbons (Fsp3) is 0.833. The predicted octanol–water partition coefficient (Wildman–Crippen LogP) is 2.77. The molecule has 0 radical (unpaired) electrons. The zero-order chi connectivity index (χ0) is 11.5. The zero-order valence-corrected chi connectivity index (χ0v) is 10.1. The Kier molecular flexibility index (Phi) is 3.59. The highest BCUT2D eigenvalue weighted by Crippen LogP contribution is 2.33. The topological polar surface area (TPSA) is 64.9 Å². The second-order valence-corrected chi connectivity index (χ2v) is 4.88. The first-order chi connectivity index (χ1) is 7.72. The highest BCUT2D eigenvalue weighted by molar-refractivity contribution is 5.00. The van der Waals surface area contributed by atoms with Gasteiger partial charge in [-0.2, -0.15) is 4.98 Å². The Morgan fingerprint density at radius 3 is 2.75 bits per heavy atom. The lowest BCUT2D eigenvalue weighted by Crippen LogP contribution is -2.19. The SMILES string of the molecule is CC[C@H](C)[C@H](N)c1nc(C2CCCC2)no1. The van der Waals surface area contributed by atoms with E-state index in [0.29, 0.717) is 17.7 Å². The molecule has 0 aromatic carbocycles. The molecule has 0 saturated heterocycles. The quantitative estimate of drug-likeness (QED) is 0.852. The highest BCUT2D eigenvalue weighted by Gasteiger charge is 2.25. The van der Waals surface area contributed by atoms with Crippen LogP contribution in [0.1, 0.15) is 69.6 Å². The molecule has 90 valence electrons. The molecule has 1 saturated carbocycles. The summed E-state index contributed by atoms with van der Waals surface area (Å²) >= 11 is 0. The predicted molar refractivity (Wildman–Crippen MR) is 61.9 cm³/mol. The van der Waals surface area contributed by atoms with Crippen LogP contribution >= 0.6 is 0 Å². The summed E-state index contributed by atoms with van der Waals surface area (Å²) in [5, 5.41) is 4.07. The van der Waals surface area contributed by atoms with Crippen LogP contribution in [0.4, 0.5) is 0 Å². The maximum Gasteiger partial charge on any atom is 0.243 e. The van der Waals surface area contributed by atoms with Gasteiger partial charge in [0.1, 0.15) is 0 Å². The van der Waals surface area contributed by atoms with Gasteiger partial charge in [0.25, 0.3) is 0 Å². The van der Waals surface area contributed by atoms with Crippen molar-refractivity contribution in [2.45, 2.75) is 57.9 Å². The molecular weight excluding hydrogens is 202 g/mol. The minimum atomic E-state index is -0.118. The summed E-state index contributed by atoms with van der Waals surface area (Å²) in [6.45, 7) is 4.24. The molecule has 1 aliphatic rings. The number of rotatable bonds is 4. The van der Waals surface area contributed by atoms with Crippen LogP contribution in [0.25, 0.3) is 0 Å². The summed E-state index contributed by atoms with van der Waals surface area (Å²) in [5.41, 5.74) is 6.06. The van der Waals surface area contributed by atoms with Crippen molar-refractivity contribution in [3.05, 3.63) is 11.7 Å². The van der Waals surface area contributed by atoms with E-state index in [4.69, 9.17) is 10.3 Å². The van der Waals surface area contributed by atoms with Crippen molar-refractivity contribution in [1.29, 1.82) is 0 Å². The number of nitrogens with two attached hydrogens (primary N) is 1. The van der Waals surface area contributed by atoms with Crippen molar-refractivity contribution in [1.82, 2.24) is 10.1 Å². The molecular formula is C12H21N3O. The molecule has 0 aliphatic heterocycles. The van der Waals surface area contributed by atoms with Crippen molar-refractivity contribution in [2.24, 2.45) is 11.7 Å². The van der Waals surface area contributed by atoms with Crippen LogP contribution in [-0.2, 0) is 0 Å². The van der Waals surface area contributed by atoms with E-state index >= 15 is 0 Å². The van der Waals surface area contributed by atoms with Gasteiger partial charge in [-0.1, -0.05) is 38.3 Å². The molecule has 1 heterocycles. The van der Waals surface area contributed by atoms with Crippen molar-refractivity contribution >= 4 is 0 Å². The largest absolute Gasteiger partial charge is 0.338 e. The molecule has 0 unspecified atom stereocenters. The van der Waals surface area contributed by atoms with E-state index in [1.54, 1.807) is 0 Å². The molecule has 1 fully saturated rings. The molecule has 1 aromatic heterocycles. The van der Waals surface area contributed by atoms with E-state index in [9.17, 15) is 0 Å². The van der Waals surface area contributed by atoms with Gasteiger partial charge in [-0.25, -0.2) is 0 Å². The highest BCUT2D eigenvalue weighted by atomic mass is 16.5. The summed E-state index contributed by atoms with van der Waals surface area (Å²) in [6.07, 6.45) is 5.98. The van der Waals surface area contributed by atoms with Crippen LogP contribution in [0.3, 0.4) is 0 Å². The fourth-order valence-corrected chi connectivity index (χ4v) is 2.23. The zero-order valence-electron chi connectivity index (χ0n) is 10.1. The van der Waals surface area contributed by atoms with Gasteiger partial charge in [0.15, 0.2) is 5.82 Å². The van der Waals surface area contributed by atoms with E-state index in [-0.39, 0.29) is 6.04 Å². The molecule has 2 atom stereocenters. The lowest BCUT2D eigenvalue weighted by Gasteiger charge is -2.13. The number of nitrogens with zero attached hydrogens (tertiary/aromatic N) is 2. The van der Waals surface area contributed by atoms with Gasteiger partial charge in [-0.15, -0.1) is 0 Å². The molecule has 0 spiro atoms. The molecule has 4 heteroatoms. The molecule has 2 rings (SSSR count). The van der Waals surface area contributed by atoms with Crippen LogP contribution in [0, 0.1) is 5.92 Å². The Hall–Kier alpha value is -0.900. The average Bonchev–Trinajstić information content (AvgIpc) is 2.96. The van der Waals surface area contributed by atoms with Gasteiger partial charge in [-0.05, 0) is 18.8 Å². The van der Waals surface area contributed by atoms with Crippen molar-refractivity contribution in [3.8, 4) is 0 Å². The molecule has 2 N–H and O–H groups in total. The Morgan fingerprint density at radius 1 is 1.44 bits per heavy atom. The maximum atomic E-state index is 6.06. The summed E-state index contributed by atoms with van der Waals surface area (Å²) in [5.74, 6) is 2.36. The number of hydrogen-bond acceptors (Lipinski definition) is 4. The fourth-order valence-electron chi connectivity index (χ4n) is 2.23. The maximum absolute atomic E-state index is 6.06.